The van der Waals surface area contributed by atoms with E-state index in [1.54, 1.807) is 17.4 Å². The molecule has 0 amide bonds. The second kappa shape index (κ2) is 6.30. The number of anilines is 1. The quantitative estimate of drug-likeness (QED) is 0.851. The van der Waals surface area contributed by atoms with Crippen molar-refractivity contribution in [2.45, 2.75) is 39.7 Å². The Kier molecular flexibility index (Phi) is 4.71. The Morgan fingerprint density at radius 1 is 1.37 bits per heavy atom. The van der Waals surface area contributed by atoms with Gasteiger partial charge in [0.1, 0.15) is 21.8 Å². The molecule has 0 unspecified atom stereocenters. The molecule has 0 spiro atoms. The molecule has 0 aliphatic heterocycles. The Bertz CT molecular complexity index is 553. The maximum atomic E-state index is 6.00. The molecule has 0 aliphatic rings. The lowest BCUT2D eigenvalue weighted by molar-refractivity contribution is 0.774. The molecule has 0 atom stereocenters. The number of hydrogen-bond donors (Lipinski definition) is 1. The molecule has 19 heavy (non-hydrogen) atoms. The van der Waals surface area contributed by atoms with Crippen molar-refractivity contribution in [3.8, 4) is 0 Å². The molecule has 102 valence electrons. The summed E-state index contributed by atoms with van der Waals surface area (Å²) in [6, 6.07) is 1.74. The van der Waals surface area contributed by atoms with Crippen molar-refractivity contribution in [3.05, 3.63) is 33.1 Å². The molecule has 0 saturated carbocycles. The number of nitrogens with zero attached hydrogens (tertiary/aromatic N) is 3. The maximum Gasteiger partial charge on any atom is 0.135 e. The van der Waals surface area contributed by atoms with Gasteiger partial charge in [-0.1, -0.05) is 32.4 Å². The third kappa shape index (κ3) is 3.88. The number of thiazole rings is 1. The van der Waals surface area contributed by atoms with E-state index < -0.39 is 0 Å². The number of aromatic nitrogens is 3. The van der Waals surface area contributed by atoms with Gasteiger partial charge in [-0.05, 0) is 6.42 Å². The van der Waals surface area contributed by atoms with Crippen LogP contribution in [-0.4, -0.2) is 15.0 Å². The van der Waals surface area contributed by atoms with Gasteiger partial charge in [-0.3, -0.25) is 0 Å². The van der Waals surface area contributed by atoms with Gasteiger partial charge in [0.15, 0.2) is 0 Å². The van der Waals surface area contributed by atoms with E-state index in [0.717, 1.165) is 23.1 Å². The van der Waals surface area contributed by atoms with Crippen molar-refractivity contribution in [1.82, 2.24) is 15.0 Å². The lowest BCUT2D eigenvalue weighted by Gasteiger charge is -2.08. The summed E-state index contributed by atoms with van der Waals surface area (Å²) in [5.41, 5.74) is 0. The highest BCUT2D eigenvalue weighted by Gasteiger charge is 2.07. The van der Waals surface area contributed by atoms with Gasteiger partial charge in [-0.2, -0.15) is 0 Å². The lowest BCUT2D eigenvalue weighted by atomic mass is 10.2. The lowest BCUT2D eigenvalue weighted by Crippen LogP contribution is -2.05. The van der Waals surface area contributed by atoms with Crippen LogP contribution < -0.4 is 5.32 Å². The third-order valence-corrected chi connectivity index (χ3v) is 3.93. The molecule has 0 radical (unpaired) electrons. The molecule has 4 nitrogen and oxygen atoms in total. The van der Waals surface area contributed by atoms with Crippen molar-refractivity contribution in [2.75, 3.05) is 5.32 Å². The molecule has 0 bridgehead atoms. The van der Waals surface area contributed by atoms with Gasteiger partial charge in [-0.25, -0.2) is 15.0 Å². The van der Waals surface area contributed by atoms with E-state index >= 15 is 0 Å². The van der Waals surface area contributed by atoms with Crippen LogP contribution in [-0.2, 0) is 13.0 Å². The minimum atomic E-state index is 0.255. The van der Waals surface area contributed by atoms with Crippen LogP contribution in [0.25, 0.3) is 0 Å². The van der Waals surface area contributed by atoms with E-state index in [0.29, 0.717) is 11.7 Å². The molecule has 2 aromatic rings. The van der Waals surface area contributed by atoms with E-state index in [1.807, 2.05) is 20.0 Å². The molecular weight excluding hydrogens is 280 g/mol. The van der Waals surface area contributed by atoms with Gasteiger partial charge in [-0.15, -0.1) is 11.3 Å². The molecule has 1 N–H and O–H groups in total. The Balaban J connectivity index is 2.06. The fourth-order valence-electron chi connectivity index (χ4n) is 1.54. The molecule has 0 aromatic carbocycles. The second-order valence-corrected chi connectivity index (χ2v) is 6.10. The average Bonchev–Trinajstić information content (AvgIpc) is 2.83. The first-order valence-electron chi connectivity index (χ1n) is 6.30. The fraction of sp³-hybridized carbons (Fsp3) is 0.462. The van der Waals surface area contributed by atoms with Crippen LogP contribution in [0.2, 0.25) is 5.15 Å². The van der Waals surface area contributed by atoms with Crippen LogP contribution in [0.5, 0.6) is 0 Å². The molecule has 0 aliphatic carbocycles. The summed E-state index contributed by atoms with van der Waals surface area (Å²) in [5, 5.41) is 4.77. The molecule has 2 heterocycles. The standard InChI is InChI=1S/C13H17ClN4S/c1-4-9-6-16-12(19-9)7-15-11-5-10(14)17-13(18-11)8(2)3/h5-6,8H,4,7H2,1-3H3,(H,15,17,18). The summed E-state index contributed by atoms with van der Waals surface area (Å²) in [7, 11) is 0. The average molecular weight is 297 g/mol. The van der Waals surface area contributed by atoms with Crippen molar-refractivity contribution in [3.63, 3.8) is 0 Å². The van der Waals surface area contributed by atoms with Crippen molar-refractivity contribution in [1.29, 1.82) is 0 Å². The van der Waals surface area contributed by atoms with Crippen molar-refractivity contribution < 1.29 is 0 Å². The summed E-state index contributed by atoms with van der Waals surface area (Å²) >= 11 is 7.72. The predicted molar refractivity (Wildman–Crippen MR) is 79.9 cm³/mol. The van der Waals surface area contributed by atoms with E-state index in [9.17, 15) is 0 Å². The topological polar surface area (TPSA) is 50.7 Å². The largest absolute Gasteiger partial charge is 0.363 e. The first-order valence-corrected chi connectivity index (χ1v) is 7.50. The summed E-state index contributed by atoms with van der Waals surface area (Å²) < 4.78 is 0. The van der Waals surface area contributed by atoms with Gasteiger partial charge >= 0.3 is 0 Å². The summed E-state index contributed by atoms with van der Waals surface area (Å²) in [6.07, 6.45) is 2.95. The smallest absolute Gasteiger partial charge is 0.135 e. The zero-order valence-corrected chi connectivity index (χ0v) is 12.8. The number of hydrogen-bond acceptors (Lipinski definition) is 5. The minimum absolute atomic E-state index is 0.255. The number of rotatable bonds is 5. The maximum absolute atomic E-state index is 6.00. The predicted octanol–water partition coefficient (Wildman–Crippen LogP) is 3.88. The monoisotopic (exact) mass is 296 g/mol. The van der Waals surface area contributed by atoms with Gasteiger partial charge in [0.25, 0.3) is 0 Å². The Labute approximate surface area is 122 Å². The number of nitrogens with one attached hydrogen (secondary N) is 1. The van der Waals surface area contributed by atoms with Gasteiger partial charge in [0.2, 0.25) is 0 Å². The third-order valence-electron chi connectivity index (χ3n) is 2.60. The molecule has 2 rings (SSSR count). The normalized spacial score (nSPS) is 11.0. The summed E-state index contributed by atoms with van der Waals surface area (Å²) in [6.45, 7) is 6.88. The van der Waals surface area contributed by atoms with E-state index in [-0.39, 0.29) is 5.92 Å². The zero-order valence-electron chi connectivity index (χ0n) is 11.3. The highest BCUT2D eigenvalue weighted by atomic mass is 35.5. The van der Waals surface area contributed by atoms with Crippen LogP contribution in [0.3, 0.4) is 0 Å². The van der Waals surface area contributed by atoms with Crippen molar-refractivity contribution in [2.24, 2.45) is 0 Å². The number of aryl methyl sites for hydroxylation is 1. The van der Waals surface area contributed by atoms with Gasteiger partial charge in [0, 0.05) is 23.1 Å². The van der Waals surface area contributed by atoms with Gasteiger partial charge < -0.3 is 5.32 Å². The van der Waals surface area contributed by atoms with Crippen LogP contribution in [0.15, 0.2) is 12.3 Å². The Morgan fingerprint density at radius 2 is 2.16 bits per heavy atom. The summed E-state index contributed by atoms with van der Waals surface area (Å²) in [4.78, 5) is 14.3. The van der Waals surface area contributed by atoms with Crippen LogP contribution in [0, 0.1) is 0 Å². The van der Waals surface area contributed by atoms with E-state index in [4.69, 9.17) is 11.6 Å². The minimum Gasteiger partial charge on any atom is -0.363 e. The van der Waals surface area contributed by atoms with Crippen LogP contribution in [0.1, 0.15) is 42.4 Å². The molecule has 6 heteroatoms. The van der Waals surface area contributed by atoms with Gasteiger partial charge in [0.05, 0.1) is 6.54 Å². The molecular formula is C13H17ClN4S. The Morgan fingerprint density at radius 3 is 2.79 bits per heavy atom. The van der Waals surface area contributed by atoms with Crippen LogP contribution >= 0.6 is 22.9 Å². The highest BCUT2D eigenvalue weighted by molar-refractivity contribution is 7.11. The van der Waals surface area contributed by atoms with E-state index in [1.165, 1.54) is 4.88 Å². The van der Waals surface area contributed by atoms with E-state index in [2.05, 4.69) is 27.2 Å². The summed E-state index contributed by atoms with van der Waals surface area (Å²) in [5.74, 6) is 1.76. The highest BCUT2D eigenvalue weighted by Crippen LogP contribution is 2.19. The van der Waals surface area contributed by atoms with Crippen molar-refractivity contribution >= 4 is 28.8 Å². The Hall–Kier alpha value is -1.20. The van der Waals surface area contributed by atoms with Crippen LogP contribution in [0.4, 0.5) is 5.82 Å². The first-order chi connectivity index (χ1) is 9.08. The molecule has 0 fully saturated rings. The zero-order chi connectivity index (χ0) is 13.8. The first kappa shape index (κ1) is 14.2. The molecule has 2 aromatic heterocycles. The second-order valence-electron chi connectivity index (χ2n) is 4.52. The fourth-order valence-corrected chi connectivity index (χ4v) is 2.54. The SMILES string of the molecule is CCc1cnc(CNc2cc(Cl)nc(C(C)C)n2)s1. The molecule has 0 saturated heterocycles. The number of halogens is 1.